The van der Waals surface area contributed by atoms with Crippen molar-refractivity contribution in [2.75, 3.05) is 6.54 Å². The monoisotopic (exact) mass is 326 g/mol. The van der Waals surface area contributed by atoms with Crippen molar-refractivity contribution >= 4 is 5.91 Å². The molecule has 0 bridgehead atoms. The maximum absolute atomic E-state index is 12.1. The molecule has 1 aromatic heterocycles. The van der Waals surface area contributed by atoms with Crippen LogP contribution in [0.25, 0.3) is 0 Å². The summed E-state index contributed by atoms with van der Waals surface area (Å²) < 4.78 is 5.54. The summed E-state index contributed by atoms with van der Waals surface area (Å²) in [5.41, 5.74) is 1.07. The van der Waals surface area contributed by atoms with Crippen LogP contribution in [-0.4, -0.2) is 28.6 Å². The van der Waals surface area contributed by atoms with Crippen molar-refractivity contribution in [1.82, 2.24) is 20.8 Å². The molecule has 2 fully saturated rings. The molecule has 0 radical (unpaired) electrons. The molecule has 2 aliphatic rings. The standard InChI is InChI=1S/C18H22N4O2/c23-16(20-12-13-5-2-1-3-6-13)11-15-21-17(24-22-15)18-8-4-7-14(18)19-10-9-18/h1-3,5-6,14,19H,4,7-12H2,(H,20,23)/t14-,18+/m1/s1. The van der Waals surface area contributed by atoms with E-state index in [4.69, 9.17) is 4.52 Å². The second-order valence-corrected chi connectivity index (χ2v) is 6.76. The zero-order valence-corrected chi connectivity index (χ0v) is 13.6. The predicted molar refractivity (Wildman–Crippen MR) is 88.2 cm³/mol. The van der Waals surface area contributed by atoms with E-state index in [1.807, 2.05) is 30.3 Å². The van der Waals surface area contributed by atoms with E-state index < -0.39 is 0 Å². The number of nitrogens with one attached hydrogen (secondary N) is 2. The Labute approximate surface area is 141 Å². The SMILES string of the molecule is O=C(Cc1noc([C@]23CCC[C@H]2NCC3)n1)NCc1ccccc1. The minimum atomic E-state index is -0.0868. The number of nitrogens with zero attached hydrogens (tertiary/aromatic N) is 2. The highest BCUT2D eigenvalue weighted by Crippen LogP contribution is 2.46. The van der Waals surface area contributed by atoms with Crippen LogP contribution in [0.3, 0.4) is 0 Å². The lowest BCUT2D eigenvalue weighted by atomic mass is 9.82. The van der Waals surface area contributed by atoms with Gasteiger partial charge in [0.1, 0.15) is 0 Å². The van der Waals surface area contributed by atoms with Crippen LogP contribution in [-0.2, 0) is 23.2 Å². The summed E-state index contributed by atoms with van der Waals surface area (Å²) in [5.74, 6) is 1.10. The van der Waals surface area contributed by atoms with E-state index in [1.54, 1.807) is 0 Å². The summed E-state index contributed by atoms with van der Waals surface area (Å²) in [4.78, 5) is 16.6. The molecule has 2 aromatic rings. The van der Waals surface area contributed by atoms with E-state index >= 15 is 0 Å². The van der Waals surface area contributed by atoms with Gasteiger partial charge in [-0.15, -0.1) is 0 Å². The van der Waals surface area contributed by atoms with Gasteiger partial charge in [0.15, 0.2) is 5.82 Å². The Bertz CT molecular complexity index is 703. The second-order valence-electron chi connectivity index (χ2n) is 6.76. The van der Waals surface area contributed by atoms with Crippen LogP contribution in [0.5, 0.6) is 0 Å². The lowest BCUT2D eigenvalue weighted by Crippen LogP contribution is -2.35. The zero-order chi connectivity index (χ0) is 16.4. The molecule has 2 atom stereocenters. The van der Waals surface area contributed by atoms with Crippen molar-refractivity contribution in [1.29, 1.82) is 0 Å². The number of rotatable bonds is 5. The molecule has 1 aromatic carbocycles. The van der Waals surface area contributed by atoms with Gasteiger partial charge in [-0.25, -0.2) is 0 Å². The van der Waals surface area contributed by atoms with Gasteiger partial charge in [0, 0.05) is 12.6 Å². The van der Waals surface area contributed by atoms with Gasteiger partial charge < -0.3 is 15.2 Å². The summed E-state index contributed by atoms with van der Waals surface area (Å²) in [7, 11) is 0. The number of hydrogen-bond donors (Lipinski definition) is 2. The summed E-state index contributed by atoms with van der Waals surface area (Å²) in [6, 6.07) is 10.3. The smallest absolute Gasteiger partial charge is 0.234 e. The van der Waals surface area contributed by atoms with Crippen molar-refractivity contribution in [2.45, 2.75) is 50.1 Å². The van der Waals surface area contributed by atoms with E-state index in [9.17, 15) is 4.79 Å². The Kier molecular flexibility index (Phi) is 4.06. The second kappa shape index (κ2) is 6.36. The van der Waals surface area contributed by atoms with E-state index in [-0.39, 0.29) is 17.7 Å². The Hall–Kier alpha value is -2.21. The van der Waals surface area contributed by atoms with Gasteiger partial charge in [-0.2, -0.15) is 4.98 Å². The van der Waals surface area contributed by atoms with Gasteiger partial charge in [-0.1, -0.05) is 41.9 Å². The highest BCUT2D eigenvalue weighted by molar-refractivity contribution is 5.77. The molecule has 1 saturated carbocycles. The van der Waals surface area contributed by atoms with E-state index in [0.29, 0.717) is 24.3 Å². The van der Waals surface area contributed by atoms with Gasteiger partial charge in [0.05, 0.1) is 11.8 Å². The lowest BCUT2D eigenvalue weighted by molar-refractivity contribution is -0.120. The van der Waals surface area contributed by atoms with E-state index in [0.717, 1.165) is 31.4 Å². The topological polar surface area (TPSA) is 80.1 Å². The Morgan fingerprint density at radius 1 is 1.33 bits per heavy atom. The summed E-state index contributed by atoms with van der Waals surface area (Å²) >= 11 is 0. The molecule has 2 heterocycles. The predicted octanol–water partition coefficient (Wildman–Crippen LogP) is 1.71. The number of benzene rings is 1. The van der Waals surface area contributed by atoms with Crippen molar-refractivity contribution in [3.8, 4) is 0 Å². The Morgan fingerprint density at radius 2 is 2.21 bits per heavy atom. The maximum Gasteiger partial charge on any atom is 0.234 e. The molecule has 2 N–H and O–H groups in total. The van der Waals surface area contributed by atoms with Crippen LogP contribution in [0.15, 0.2) is 34.9 Å². The van der Waals surface area contributed by atoms with E-state index in [2.05, 4.69) is 20.8 Å². The quantitative estimate of drug-likeness (QED) is 0.874. The van der Waals surface area contributed by atoms with Crippen molar-refractivity contribution in [3.63, 3.8) is 0 Å². The third-order valence-electron chi connectivity index (χ3n) is 5.29. The Morgan fingerprint density at radius 3 is 3.08 bits per heavy atom. The lowest BCUT2D eigenvalue weighted by Gasteiger charge is -2.23. The highest BCUT2D eigenvalue weighted by atomic mass is 16.5. The highest BCUT2D eigenvalue weighted by Gasteiger charge is 2.51. The molecule has 6 heteroatoms. The molecule has 0 unspecified atom stereocenters. The van der Waals surface area contributed by atoms with Crippen LogP contribution in [0.2, 0.25) is 0 Å². The molecule has 6 nitrogen and oxygen atoms in total. The van der Waals surface area contributed by atoms with Crippen LogP contribution < -0.4 is 10.6 Å². The van der Waals surface area contributed by atoms with Gasteiger partial charge in [0.25, 0.3) is 0 Å². The summed E-state index contributed by atoms with van der Waals surface area (Å²) in [6.07, 6.45) is 4.64. The first-order chi connectivity index (χ1) is 11.8. The van der Waals surface area contributed by atoms with Crippen molar-refractivity contribution in [3.05, 3.63) is 47.6 Å². The van der Waals surface area contributed by atoms with Crippen molar-refractivity contribution in [2.24, 2.45) is 0 Å². The summed E-state index contributed by atoms with van der Waals surface area (Å²) in [5, 5.41) is 10.5. The molecule has 1 aliphatic carbocycles. The average Bonchev–Trinajstić information content (AvgIpc) is 3.28. The van der Waals surface area contributed by atoms with Gasteiger partial charge in [-0.3, -0.25) is 4.79 Å². The minimum absolute atomic E-state index is 0.00817. The molecule has 0 spiro atoms. The number of aromatic nitrogens is 2. The van der Waals surface area contributed by atoms with Crippen LogP contribution in [0, 0.1) is 0 Å². The third kappa shape index (κ3) is 2.82. The van der Waals surface area contributed by atoms with Crippen LogP contribution in [0.1, 0.15) is 43.0 Å². The molecule has 126 valence electrons. The third-order valence-corrected chi connectivity index (χ3v) is 5.29. The largest absolute Gasteiger partial charge is 0.352 e. The fraction of sp³-hybridized carbons (Fsp3) is 0.500. The molecule has 4 rings (SSSR count). The number of fused-ring (bicyclic) bond motifs is 1. The number of carbonyl (C=O) groups excluding carboxylic acids is 1. The van der Waals surface area contributed by atoms with Gasteiger partial charge >= 0.3 is 0 Å². The fourth-order valence-corrected chi connectivity index (χ4v) is 4.03. The fourth-order valence-electron chi connectivity index (χ4n) is 4.03. The van der Waals surface area contributed by atoms with Crippen LogP contribution in [0.4, 0.5) is 0 Å². The number of carbonyl (C=O) groups is 1. The molecule has 1 amide bonds. The van der Waals surface area contributed by atoms with Gasteiger partial charge in [0.2, 0.25) is 11.8 Å². The first kappa shape index (κ1) is 15.3. The molecule has 1 aliphatic heterocycles. The number of amides is 1. The summed E-state index contributed by atoms with van der Waals surface area (Å²) in [6.45, 7) is 1.51. The van der Waals surface area contributed by atoms with Crippen molar-refractivity contribution < 1.29 is 9.32 Å². The number of hydrogen-bond acceptors (Lipinski definition) is 5. The van der Waals surface area contributed by atoms with Gasteiger partial charge in [-0.05, 0) is 31.4 Å². The average molecular weight is 326 g/mol. The normalized spacial score (nSPS) is 25.6. The zero-order valence-electron chi connectivity index (χ0n) is 13.6. The first-order valence-electron chi connectivity index (χ1n) is 8.63. The molecular weight excluding hydrogens is 304 g/mol. The minimum Gasteiger partial charge on any atom is -0.352 e. The Balaban J connectivity index is 1.38. The first-order valence-corrected chi connectivity index (χ1v) is 8.63. The molecule has 1 saturated heterocycles. The van der Waals surface area contributed by atoms with E-state index in [1.165, 1.54) is 6.42 Å². The van der Waals surface area contributed by atoms with Crippen LogP contribution >= 0.6 is 0 Å². The molecule has 24 heavy (non-hydrogen) atoms. The molecular formula is C18H22N4O2. The maximum atomic E-state index is 12.1.